The smallest absolute Gasteiger partial charge is 0.213 e. The Morgan fingerprint density at radius 3 is 2.84 bits per heavy atom. The van der Waals surface area contributed by atoms with Crippen LogP contribution in [0.4, 0.5) is 0 Å². The predicted molar refractivity (Wildman–Crippen MR) is 112 cm³/mol. The van der Waals surface area contributed by atoms with E-state index in [9.17, 15) is 0 Å². The second-order valence-corrected chi connectivity index (χ2v) is 5.82. The lowest BCUT2D eigenvalue weighted by molar-refractivity contribution is 0.378. The molecule has 0 fully saturated rings. The molecule has 1 aliphatic heterocycles. The van der Waals surface area contributed by atoms with Crippen LogP contribution in [0.15, 0.2) is 47.6 Å². The first-order chi connectivity index (χ1) is 11.8. The second-order valence-electron chi connectivity index (χ2n) is 5.82. The molecule has 3 rings (SSSR count). The van der Waals surface area contributed by atoms with Gasteiger partial charge in [-0.25, -0.2) is 9.98 Å². The third-order valence-electron chi connectivity index (χ3n) is 4.18. The van der Waals surface area contributed by atoms with E-state index in [-0.39, 0.29) is 24.0 Å². The molecule has 6 heteroatoms. The molecular weight excluding hydrogens is 427 g/mol. The summed E-state index contributed by atoms with van der Waals surface area (Å²) in [4.78, 5) is 11.3. The first-order valence-corrected chi connectivity index (χ1v) is 8.39. The Bertz CT molecular complexity index is 720. The molecule has 0 amide bonds. The zero-order chi connectivity index (χ0) is 16.8. The molecule has 0 aliphatic carbocycles. The van der Waals surface area contributed by atoms with Crippen LogP contribution >= 0.6 is 24.0 Å². The Balaban J connectivity index is 0.00000225. The van der Waals surface area contributed by atoms with Crippen LogP contribution in [0.25, 0.3) is 0 Å². The standard InChI is InChI=1S/C19H24N4O.HI/c1-3-20-19(22-13-15-8-10-21-18(12-15)24-2)23-11-9-16-6-4-5-7-17(16)14-23;/h4-8,10,12H,3,9,11,13-14H2,1-2H3,(H,20,22);1H. The molecule has 0 atom stereocenters. The topological polar surface area (TPSA) is 49.8 Å². The number of pyridine rings is 1. The Morgan fingerprint density at radius 1 is 1.28 bits per heavy atom. The van der Waals surface area contributed by atoms with Gasteiger partial charge < -0.3 is 15.0 Å². The summed E-state index contributed by atoms with van der Waals surface area (Å²) >= 11 is 0. The third-order valence-corrected chi connectivity index (χ3v) is 4.18. The first-order valence-electron chi connectivity index (χ1n) is 8.39. The van der Waals surface area contributed by atoms with Crippen LogP contribution in [0.3, 0.4) is 0 Å². The number of hydrogen-bond acceptors (Lipinski definition) is 3. The number of aliphatic imine (C=N–C) groups is 1. The Kier molecular flexibility index (Phi) is 7.49. The molecule has 134 valence electrons. The molecule has 25 heavy (non-hydrogen) atoms. The van der Waals surface area contributed by atoms with Crippen molar-refractivity contribution in [2.24, 2.45) is 4.99 Å². The minimum absolute atomic E-state index is 0. The lowest BCUT2D eigenvalue weighted by Gasteiger charge is -2.31. The summed E-state index contributed by atoms with van der Waals surface area (Å²) in [7, 11) is 1.63. The van der Waals surface area contributed by atoms with Crippen molar-refractivity contribution >= 4 is 29.9 Å². The molecule has 0 radical (unpaired) electrons. The summed E-state index contributed by atoms with van der Waals surface area (Å²) in [5, 5.41) is 3.41. The summed E-state index contributed by atoms with van der Waals surface area (Å²) in [5.41, 5.74) is 3.93. The van der Waals surface area contributed by atoms with Gasteiger partial charge in [0.05, 0.1) is 13.7 Å². The molecule has 1 aliphatic rings. The van der Waals surface area contributed by atoms with Crippen molar-refractivity contribution in [2.75, 3.05) is 20.2 Å². The van der Waals surface area contributed by atoms with Crippen LogP contribution in [0, 0.1) is 0 Å². The highest BCUT2D eigenvalue weighted by Gasteiger charge is 2.18. The number of ether oxygens (including phenoxy) is 1. The van der Waals surface area contributed by atoms with Crippen molar-refractivity contribution in [1.29, 1.82) is 0 Å². The van der Waals surface area contributed by atoms with E-state index in [1.54, 1.807) is 13.3 Å². The lowest BCUT2D eigenvalue weighted by atomic mass is 10.0. The number of guanidine groups is 1. The van der Waals surface area contributed by atoms with Gasteiger partial charge in [0.15, 0.2) is 5.96 Å². The highest BCUT2D eigenvalue weighted by atomic mass is 127. The maximum Gasteiger partial charge on any atom is 0.213 e. The molecule has 0 saturated carbocycles. The van der Waals surface area contributed by atoms with Crippen molar-refractivity contribution in [3.8, 4) is 5.88 Å². The average Bonchev–Trinajstić information content (AvgIpc) is 2.65. The number of nitrogens with zero attached hydrogens (tertiary/aromatic N) is 3. The quantitative estimate of drug-likeness (QED) is 0.440. The Morgan fingerprint density at radius 2 is 2.08 bits per heavy atom. The van der Waals surface area contributed by atoms with Gasteiger partial charge in [-0.1, -0.05) is 24.3 Å². The fraction of sp³-hybridized carbons (Fsp3) is 0.368. The molecule has 1 aromatic heterocycles. The van der Waals surface area contributed by atoms with Gasteiger partial charge in [0.1, 0.15) is 0 Å². The van der Waals surface area contributed by atoms with E-state index in [4.69, 9.17) is 9.73 Å². The average molecular weight is 452 g/mol. The first kappa shape index (κ1) is 19.5. The van der Waals surface area contributed by atoms with E-state index < -0.39 is 0 Å². The van der Waals surface area contributed by atoms with E-state index in [1.807, 2.05) is 12.1 Å². The summed E-state index contributed by atoms with van der Waals surface area (Å²) in [6.07, 6.45) is 2.82. The highest BCUT2D eigenvalue weighted by molar-refractivity contribution is 14.0. The van der Waals surface area contributed by atoms with Gasteiger partial charge in [-0.3, -0.25) is 0 Å². The van der Waals surface area contributed by atoms with Crippen molar-refractivity contribution in [3.63, 3.8) is 0 Å². The zero-order valence-corrected chi connectivity index (χ0v) is 17.1. The van der Waals surface area contributed by atoms with E-state index in [2.05, 4.69) is 46.4 Å². The molecule has 0 unspecified atom stereocenters. The third kappa shape index (κ3) is 5.07. The van der Waals surface area contributed by atoms with Crippen LogP contribution in [0.1, 0.15) is 23.6 Å². The van der Waals surface area contributed by atoms with Crippen LogP contribution in [0.2, 0.25) is 0 Å². The molecule has 0 bridgehead atoms. The largest absolute Gasteiger partial charge is 0.481 e. The van der Waals surface area contributed by atoms with E-state index in [0.29, 0.717) is 12.4 Å². The SMILES string of the molecule is CCNC(=NCc1ccnc(OC)c1)N1CCc2ccccc2C1.I. The van der Waals surface area contributed by atoms with Gasteiger partial charge in [0.2, 0.25) is 5.88 Å². The van der Waals surface area contributed by atoms with Gasteiger partial charge in [-0.15, -0.1) is 24.0 Å². The van der Waals surface area contributed by atoms with Crippen molar-refractivity contribution in [3.05, 3.63) is 59.3 Å². The van der Waals surface area contributed by atoms with Crippen LogP contribution in [0.5, 0.6) is 5.88 Å². The number of fused-ring (bicyclic) bond motifs is 1. The van der Waals surface area contributed by atoms with Gasteiger partial charge in [-0.05, 0) is 36.1 Å². The molecule has 0 spiro atoms. The van der Waals surface area contributed by atoms with E-state index in [1.165, 1.54) is 11.1 Å². The van der Waals surface area contributed by atoms with Crippen molar-refractivity contribution in [1.82, 2.24) is 15.2 Å². The van der Waals surface area contributed by atoms with E-state index in [0.717, 1.165) is 37.6 Å². The molecule has 5 nitrogen and oxygen atoms in total. The monoisotopic (exact) mass is 452 g/mol. The normalized spacial score (nSPS) is 13.7. The molecule has 1 aromatic carbocycles. The summed E-state index contributed by atoms with van der Waals surface area (Å²) < 4.78 is 5.18. The summed E-state index contributed by atoms with van der Waals surface area (Å²) in [6, 6.07) is 12.6. The number of halogens is 1. The predicted octanol–water partition coefficient (Wildman–Crippen LogP) is 3.23. The van der Waals surface area contributed by atoms with Gasteiger partial charge >= 0.3 is 0 Å². The fourth-order valence-electron chi connectivity index (χ4n) is 2.93. The molecule has 2 aromatic rings. The maximum atomic E-state index is 5.18. The molecule has 1 N–H and O–H groups in total. The minimum Gasteiger partial charge on any atom is -0.481 e. The fourth-order valence-corrected chi connectivity index (χ4v) is 2.93. The van der Waals surface area contributed by atoms with Crippen LogP contribution in [-0.4, -0.2) is 36.0 Å². The van der Waals surface area contributed by atoms with Crippen LogP contribution in [-0.2, 0) is 19.5 Å². The number of rotatable bonds is 4. The van der Waals surface area contributed by atoms with Crippen molar-refractivity contribution in [2.45, 2.75) is 26.4 Å². The van der Waals surface area contributed by atoms with Crippen LogP contribution < -0.4 is 10.1 Å². The summed E-state index contributed by atoms with van der Waals surface area (Å²) in [5.74, 6) is 1.59. The number of benzene rings is 1. The Labute approximate surface area is 166 Å². The lowest BCUT2D eigenvalue weighted by Crippen LogP contribution is -2.44. The number of methoxy groups -OCH3 is 1. The number of nitrogens with one attached hydrogen (secondary N) is 1. The molecule has 2 heterocycles. The molecule has 0 saturated heterocycles. The molecular formula is C19H25IN4O. The second kappa shape index (κ2) is 9.60. The highest BCUT2D eigenvalue weighted by Crippen LogP contribution is 2.18. The van der Waals surface area contributed by atoms with Crippen molar-refractivity contribution < 1.29 is 4.74 Å². The van der Waals surface area contributed by atoms with Gasteiger partial charge in [0.25, 0.3) is 0 Å². The van der Waals surface area contributed by atoms with E-state index >= 15 is 0 Å². The number of aromatic nitrogens is 1. The Hall–Kier alpha value is -1.83. The summed E-state index contributed by atoms with van der Waals surface area (Å²) in [6.45, 7) is 5.46. The number of hydrogen-bond donors (Lipinski definition) is 1. The van der Waals surface area contributed by atoms with Gasteiger partial charge in [0, 0.05) is 31.9 Å². The zero-order valence-electron chi connectivity index (χ0n) is 14.7. The maximum absolute atomic E-state index is 5.18. The minimum atomic E-state index is 0. The van der Waals surface area contributed by atoms with Gasteiger partial charge in [-0.2, -0.15) is 0 Å².